The molecule has 2 unspecified atom stereocenters. The molecule has 4 heterocycles. The monoisotopic (exact) mass is 1000 g/mol. The minimum absolute atomic E-state index is 0.0607. The van der Waals surface area contributed by atoms with E-state index >= 15 is 0 Å². The van der Waals surface area contributed by atoms with Crippen LogP contribution in [0.1, 0.15) is 130 Å². The highest BCUT2D eigenvalue weighted by atomic mass is 32.2. The fraction of sp³-hybridized carbons (Fsp3) is 0.345. The number of amides is 2. The largest absolute Gasteiger partial charge is 0.480 e. The van der Waals surface area contributed by atoms with Crippen LogP contribution in [0.5, 0.6) is 5.88 Å². The Kier molecular flexibility index (Phi) is 15.6. The summed E-state index contributed by atoms with van der Waals surface area (Å²) in [4.78, 5) is 49.1. The van der Waals surface area contributed by atoms with Gasteiger partial charge in [-0.25, -0.2) is 31.3 Å². The molecular weight excluding hydrogens is 937 g/mol. The Morgan fingerprint density at radius 2 is 1.07 bits per heavy atom. The Bertz CT molecular complexity index is 3270. The van der Waals surface area contributed by atoms with Gasteiger partial charge in [0.05, 0.1) is 7.11 Å². The van der Waals surface area contributed by atoms with Crippen LogP contribution in [-0.2, 0) is 55.8 Å². The van der Waals surface area contributed by atoms with Crippen LogP contribution in [0.25, 0.3) is 0 Å². The molecule has 2 atom stereocenters. The molecule has 0 aliphatic carbocycles. The highest BCUT2D eigenvalue weighted by Gasteiger charge is 2.41. The topological polar surface area (TPSA) is 188 Å². The number of H-pyrrole nitrogens is 1. The molecule has 2 amide bonds. The van der Waals surface area contributed by atoms with Gasteiger partial charge in [0.1, 0.15) is 17.0 Å². The molecule has 0 saturated carbocycles. The lowest BCUT2D eigenvalue weighted by Gasteiger charge is -2.26. The molecule has 71 heavy (non-hydrogen) atoms. The van der Waals surface area contributed by atoms with Crippen molar-refractivity contribution in [3.05, 3.63) is 186 Å². The van der Waals surface area contributed by atoms with E-state index in [1.807, 2.05) is 29.2 Å². The number of carbonyl (C=O) groups excluding carboxylic acids is 2. The predicted molar refractivity (Wildman–Crippen MR) is 275 cm³/mol. The zero-order chi connectivity index (χ0) is 51.7. The van der Waals surface area contributed by atoms with E-state index in [4.69, 9.17) is 4.74 Å². The van der Waals surface area contributed by atoms with Gasteiger partial charge < -0.3 is 9.72 Å². The van der Waals surface area contributed by atoms with Crippen LogP contribution in [0.4, 0.5) is 0 Å². The maximum Gasteiger partial charge on any atom is 0.269 e. The average Bonchev–Trinajstić information content (AvgIpc) is 3.86. The number of hydrogen-bond donors (Lipinski definition) is 3. The Morgan fingerprint density at radius 1 is 0.648 bits per heavy atom. The number of aromatic amines is 1. The van der Waals surface area contributed by atoms with Crippen molar-refractivity contribution in [2.24, 2.45) is 0 Å². The third-order valence-electron chi connectivity index (χ3n) is 13.4. The molecule has 2 aromatic heterocycles. The first-order valence-electron chi connectivity index (χ1n) is 23.7. The molecule has 0 bridgehead atoms. The van der Waals surface area contributed by atoms with Gasteiger partial charge in [-0.3, -0.25) is 24.2 Å². The summed E-state index contributed by atoms with van der Waals surface area (Å²) >= 11 is 0. The lowest BCUT2D eigenvalue weighted by molar-refractivity contribution is -0.125. The van der Waals surface area contributed by atoms with Crippen LogP contribution in [0.2, 0.25) is 0 Å². The molecule has 14 nitrogen and oxygen atoms in total. The number of aryl methyl sites for hydroxylation is 6. The van der Waals surface area contributed by atoms with Gasteiger partial charge in [-0.2, -0.15) is 0 Å². The molecule has 0 fully saturated rings. The number of benzene rings is 4. The zero-order valence-electron chi connectivity index (χ0n) is 42.3. The lowest BCUT2D eigenvalue weighted by atomic mass is 9.93. The van der Waals surface area contributed by atoms with Crippen molar-refractivity contribution in [3.8, 4) is 5.88 Å². The third-order valence-corrected chi connectivity index (χ3v) is 16.2. The number of sulfonamides is 2. The Hall–Kier alpha value is -6.46. The van der Waals surface area contributed by atoms with E-state index in [9.17, 15) is 31.2 Å². The summed E-state index contributed by atoms with van der Waals surface area (Å²) in [7, 11) is -7.20. The summed E-state index contributed by atoms with van der Waals surface area (Å²) in [6.07, 6.45) is 2.78. The van der Waals surface area contributed by atoms with E-state index in [-0.39, 0.29) is 22.6 Å². The number of fused-ring (bicyclic) bond motifs is 2. The van der Waals surface area contributed by atoms with Crippen molar-refractivity contribution in [1.29, 1.82) is 0 Å². The SMILES string of the molecule is COc1ncccc1S(=O)(=O)NC(=O)C1c2cccc(C(C)C)c2CN1Cc1c(C)cc(C)cc1C.Cc1cc(C)c(CN2Cc3c(C(C)C)cccc3C2C(=O)NS(=O)(=O)c2ccc[nH]c2=O)c(C)c1. The third kappa shape index (κ3) is 11.1. The van der Waals surface area contributed by atoms with Crippen molar-refractivity contribution in [2.75, 3.05) is 7.11 Å². The quantitative estimate of drug-likeness (QED) is 0.100. The minimum atomic E-state index is -4.34. The second-order valence-corrected chi connectivity index (χ2v) is 22.6. The molecule has 0 radical (unpaired) electrons. The first-order chi connectivity index (χ1) is 33.5. The number of nitrogens with one attached hydrogen (secondary N) is 3. The van der Waals surface area contributed by atoms with E-state index in [2.05, 4.69) is 130 Å². The summed E-state index contributed by atoms with van der Waals surface area (Å²) in [5.74, 6) is -0.800. The van der Waals surface area contributed by atoms with E-state index in [0.717, 1.165) is 61.2 Å². The standard InChI is InChI=1S/C28H33N3O4S.C27H31N3O4S/c1-17(2)21-9-7-10-22-24(21)16-31(15-23-19(4)13-18(3)14-20(23)5)26(22)27(32)30-36(33,34)25-11-8-12-29-28(25)35-6;1-16(2)20-8-6-9-21-23(20)15-30(14-22-18(4)12-17(3)13-19(22)5)25(21)27(32)29-35(33,34)24-10-7-11-28-26(24)31/h7-14,17,26H,15-16H2,1-6H3,(H,30,32);6-13,16,25H,14-15H2,1-5H3,(H,28,31)(H,29,32). The summed E-state index contributed by atoms with van der Waals surface area (Å²) < 4.78 is 61.9. The second kappa shape index (κ2) is 21.1. The van der Waals surface area contributed by atoms with Crippen LogP contribution < -0.4 is 19.7 Å². The highest BCUT2D eigenvalue weighted by molar-refractivity contribution is 7.90. The molecule has 374 valence electrons. The number of pyridine rings is 2. The van der Waals surface area contributed by atoms with Crippen molar-refractivity contribution in [1.82, 2.24) is 29.2 Å². The molecule has 2 aliphatic heterocycles. The summed E-state index contributed by atoms with van der Waals surface area (Å²) in [5.41, 5.74) is 14.5. The zero-order valence-corrected chi connectivity index (χ0v) is 43.9. The molecule has 8 rings (SSSR count). The maximum absolute atomic E-state index is 13.7. The number of nitrogens with zero attached hydrogens (tertiary/aromatic N) is 3. The Labute approximate surface area is 418 Å². The summed E-state index contributed by atoms with van der Waals surface area (Å²) in [6, 6.07) is 24.2. The minimum Gasteiger partial charge on any atom is -0.480 e. The summed E-state index contributed by atoms with van der Waals surface area (Å²) in [5, 5.41) is 0. The molecule has 6 aromatic rings. The molecule has 4 aromatic carbocycles. The van der Waals surface area contributed by atoms with Crippen molar-refractivity contribution < 1.29 is 31.2 Å². The van der Waals surface area contributed by atoms with E-state index < -0.39 is 54.4 Å². The smallest absolute Gasteiger partial charge is 0.269 e. The molecule has 16 heteroatoms. The Balaban J connectivity index is 0.000000209. The van der Waals surface area contributed by atoms with Gasteiger partial charge >= 0.3 is 0 Å². The van der Waals surface area contributed by atoms with Gasteiger partial charge in [0, 0.05) is 38.6 Å². The molecule has 2 aliphatic rings. The van der Waals surface area contributed by atoms with Crippen molar-refractivity contribution in [3.63, 3.8) is 0 Å². The summed E-state index contributed by atoms with van der Waals surface area (Å²) in [6.45, 7) is 23.0. The van der Waals surface area contributed by atoms with Gasteiger partial charge in [-0.05, 0) is 144 Å². The lowest BCUT2D eigenvalue weighted by Crippen LogP contribution is -2.41. The van der Waals surface area contributed by atoms with Gasteiger partial charge in [-0.1, -0.05) is 99.5 Å². The van der Waals surface area contributed by atoms with E-state index in [0.29, 0.717) is 26.2 Å². The Morgan fingerprint density at radius 3 is 1.48 bits per heavy atom. The number of ether oxygens (including phenoxy) is 1. The first-order valence-corrected chi connectivity index (χ1v) is 26.6. The number of aromatic nitrogens is 2. The van der Waals surface area contributed by atoms with Crippen LogP contribution in [0.3, 0.4) is 0 Å². The molecular formula is C55H64N6O8S2. The normalized spacial score (nSPS) is 15.8. The number of carbonyl (C=O) groups is 2. The van der Waals surface area contributed by atoms with Crippen molar-refractivity contribution in [2.45, 2.75) is 129 Å². The van der Waals surface area contributed by atoms with E-state index in [1.54, 1.807) is 0 Å². The van der Waals surface area contributed by atoms with Gasteiger partial charge in [-0.15, -0.1) is 0 Å². The highest BCUT2D eigenvalue weighted by Crippen LogP contribution is 2.42. The number of hydrogen-bond acceptors (Lipinski definition) is 11. The molecule has 0 saturated heterocycles. The number of rotatable bonds is 13. The van der Waals surface area contributed by atoms with Gasteiger partial charge in [0.15, 0.2) is 4.90 Å². The molecule has 3 N–H and O–H groups in total. The van der Waals surface area contributed by atoms with Crippen LogP contribution in [0.15, 0.2) is 112 Å². The fourth-order valence-corrected chi connectivity index (χ4v) is 12.4. The van der Waals surface area contributed by atoms with E-state index in [1.165, 1.54) is 60.5 Å². The average molecular weight is 1000 g/mol. The predicted octanol–water partition coefficient (Wildman–Crippen LogP) is 8.69. The van der Waals surface area contributed by atoms with Crippen LogP contribution in [-0.4, -0.2) is 55.5 Å². The van der Waals surface area contributed by atoms with Crippen LogP contribution >= 0.6 is 0 Å². The second-order valence-electron chi connectivity index (χ2n) is 19.3. The van der Waals surface area contributed by atoms with Gasteiger partial charge in [0.25, 0.3) is 37.4 Å². The fourth-order valence-electron chi connectivity index (χ4n) is 10.3. The van der Waals surface area contributed by atoms with Crippen molar-refractivity contribution >= 4 is 31.9 Å². The number of methoxy groups -OCH3 is 1. The van der Waals surface area contributed by atoms with Gasteiger partial charge in [0.2, 0.25) is 5.88 Å². The van der Waals surface area contributed by atoms with Crippen LogP contribution in [0, 0.1) is 41.5 Å². The maximum atomic E-state index is 13.7. The first kappa shape index (κ1) is 52.4. The molecule has 0 spiro atoms.